The maximum Gasteiger partial charge on any atom is 0.267 e. The van der Waals surface area contributed by atoms with E-state index in [0.717, 1.165) is 15.6 Å². The molecule has 0 unspecified atom stereocenters. The number of halogens is 1. The minimum absolute atomic E-state index is 0.138. The first-order chi connectivity index (χ1) is 12.4. The Kier molecular flexibility index (Phi) is 5.06. The van der Waals surface area contributed by atoms with E-state index < -0.39 is 21.7 Å². The second-order valence-electron chi connectivity index (χ2n) is 5.38. The van der Waals surface area contributed by atoms with E-state index in [0.29, 0.717) is 5.69 Å². The highest BCUT2D eigenvalue weighted by atomic mass is 32.2. The molecule has 0 saturated carbocycles. The van der Waals surface area contributed by atoms with Gasteiger partial charge in [-0.25, -0.2) is 12.8 Å². The van der Waals surface area contributed by atoms with E-state index in [2.05, 4.69) is 5.32 Å². The number of carbonyl (C=O) groups excluding carboxylic acids is 1. The number of sulfonamides is 1. The number of amides is 1. The van der Waals surface area contributed by atoms with Gasteiger partial charge in [0, 0.05) is 12.7 Å². The molecule has 0 saturated heterocycles. The molecule has 1 heterocycles. The highest BCUT2D eigenvalue weighted by Crippen LogP contribution is 2.30. The highest BCUT2D eigenvalue weighted by molar-refractivity contribution is 7.92. The summed E-state index contributed by atoms with van der Waals surface area (Å²) in [5.74, 6) is -0.870. The first-order valence-electron chi connectivity index (χ1n) is 7.58. The van der Waals surface area contributed by atoms with Gasteiger partial charge >= 0.3 is 0 Å². The molecule has 134 valence electrons. The number of thiophene rings is 1. The molecule has 0 aliphatic carbocycles. The monoisotopic (exact) mass is 390 g/mol. The molecule has 5 nitrogen and oxygen atoms in total. The highest BCUT2D eigenvalue weighted by Gasteiger charge is 2.26. The molecule has 2 aromatic carbocycles. The second kappa shape index (κ2) is 7.27. The molecule has 0 atom stereocenters. The van der Waals surface area contributed by atoms with Crippen LogP contribution in [-0.4, -0.2) is 21.4 Å². The number of benzene rings is 2. The molecule has 0 bridgehead atoms. The summed E-state index contributed by atoms with van der Waals surface area (Å²) in [6.45, 7) is 0. The summed E-state index contributed by atoms with van der Waals surface area (Å²) in [6.07, 6.45) is 0. The van der Waals surface area contributed by atoms with Gasteiger partial charge in [-0.05, 0) is 47.8 Å². The Bertz CT molecular complexity index is 1020. The molecule has 0 spiro atoms. The lowest BCUT2D eigenvalue weighted by molar-refractivity contribution is 0.103. The van der Waals surface area contributed by atoms with Crippen LogP contribution >= 0.6 is 11.3 Å². The third kappa shape index (κ3) is 3.61. The van der Waals surface area contributed by atoms with Gasteiger partial charge in [0.15, 0.2) is 0 Å². The molecule has 0 radical (unpaired) electrons. The molecule has 0 fully saturated rings. The van der Waals surface area contributed by atoms with Crippen LogP contribution in [0.1, 0.15) is 9.67 Å². The van der Waals surface area contributed by atoms with Crippen molar-refractivity contribution in [2.24, 2.45) is 0 Å². The van der Waals surface area contributed by atoms with Crippen LogP contribution in [0.25, 0.3) is 0 Å². The Hall–Kier alpha value is -2.71. The molecular formula is C18H15FN2O3S2. The lowest BCUT2D eigenvalue weighted by Crippen LogP contribution is -2.28. The van der Waals surface area contributed by atoms with Gasteiger partial charge in [0.1, 0.15) is 10.7 Å². The van der Waals surface area contributed by atoms with Gasteiger partial charge in [0.05, 0.1) is 10.6 Å². The smallest absolute Gasteiger partial charge is 0.267 e. The predicted octanol–water partition coefficient (Wildman–Crippen LogP) is 3.96. The number of carbonyl (C=O) groups is 1. The van der Waals surface area contributed by atoms with Crippen molar-refractivity contribution in [3.05, 3.63) is 76.7 Å². The standard InChI is InChI=1S/C18H15FN2O3S2/c1-21(26(23,24)15-5-3-2-4-6-15)16-11-12-25-17(16)18(22)20-14-9-7-13(19)8-10-14/h2-12H,1H3,(H,20,22). The number of rotatable bonds is 5. The van der Waals surface area contributed by atoms with E-state index in [-0.39, 0.29) is 15.5 Å². The van der Waals surface area contributed by atoms with Gasteiger partial charge in [0.2, 0.25) is 0 Å². The Morgan fingerprint density at radius 3 is 2.35 bits per heavy atom. The SMILES string of the molecule is CN(c1ccsc1C(=O)Nc1ccc(F)cc1)S(=O)(=O)c1ccccc1. The maximum atomic E-state index is 13.0. The average Bonchev–Trinajstić information content (AvgIpc) is 3.13. The Morgan fingerprint density at radius 2 is 1.69 bits per heavy atom. The molecule has 0 aliphatic rings. The topological polar surface area (TPSA) is 66.5 Å². The molecule has 3 aromatic rings. The van der Waals surface area contributed by atoms with E-state index in [9.17, 15) is 17.6 Å². The number of nitrogens with one attached hydrogen (secondary N) is 1. The van der Waals surface area contributed by atoms with Crippen molar-refractivity contribution in [3.8, 4) is 0 Å². The first kappa shape index (κ1) is 18.1. The fourth-order valence-electron chi connectivity index (χ4n) is 2.32. The minimum atomic E-state index is -3.79. The summed E-state index contributed by atoms with van der Waals surface area (Å²) >= 11 is 1.13. The molecule has 26 heavy (non-hydrogen) atoms. The van der Waals surface area contributed by atoms with Crippen molar-refractivity contribution in [3.63, 3.8) is 0 Å². The van der Waals surface area contributed by atoms with Crippen molar-refractivity contribution in [2.75, 3.05) is 16.7 Å². The molecular weight excluding hydrogens is 375 g/mol. The van der Waals surface area contributed by atoms with Gasteiger partial charge in [-0.3, -0.25) is 9.10 Å². The minimum Gasteiger partial charge on any atom is -0.321 e. The van der Waals surface area contributed by atoms with Gasteiger partial charge in [-0.15, -0.1) is 11.3 Å². The second-order valence-corrected chi connectivity index (χ2v) is 8.27. The molecule has 0 aliphatic heterocycles. The molecule has 1 aromatic heterocycles. The lowest BCUT2D eigenvalue weighted by atomic mass is 10.3. The Balaban J connectivity index is 1.88. The van der Waals surface area contributed by atoms with Crippen LogP contribution in [0.15, 0.2) is 70.9 Å². The third-order valence-electron chi connectivity index (χ3n) is 3.69. The van der Waals surface area contributed by atoms with Crippen LogP contribution in [0, 0.1) is 5.82 Å². The third-order valence-corrected chi connectivity index (χ3v) is 6.38. The number of hydrogen-bond acceptors (Lipinski definition) is 4. The van der Waals surface area contributed by atoms with Crippen molar-refractivity contribution >= 4 is 38.6 Å². The van der Waals surface area contributed by atoms with E-state index in [1.54, 1.807) is 29.6 Å². The van der Waals surface area contributed by atoms with E-state index in [4.69, 9.17) is 0 Å². The molecule has 1 N–H and O–H groups in total. The zero-order chi connectivity index (χ0) is 18.7. The van der Waals surface area contributed by atoms with Gasteiger partial charge in [-0.2, -0.15) is 0 Å². The average molecular weight is 390 g/mol. The summed E-state index contributed by atoms with van der Waals surface area (Å²) in [5.41, 5.74) is 0.697. The Labute approximate surface area is 154 Å². The normalized spacial score (nSPS) is 11.2. The van der Waals surface area contributed by atoms with Crippen molar-refractivity contribution in [1.29, 1.82) is 0 Å². The zero-order valence-corrected chi connectivity index (χ0v) is 15.4. The van der Waals surface area contributed by atoms with Crippen molar-refractivity contribution in [2.45, 2.75) is 4.90 Å². The molecule has 8 heteroatoms. The fourth-order valence-corrected chi connectivity index (χ4v) is 4.42. The summed E-state index contributed by atoms with van der Waals surface area (Å²) in [7, 11) is -2.38. The van der Waals surface area contributed by atoms with Crippen LogP contribution < -0.4 is 9.62 Å². The summed E-state index contributed by atoms with van der Waals surface area (Å²) in [6, 6.07) is 14.9. The molecule has 3 rings (SSSR count). The fraction of sp³-hybridized carbons (Fsp3) is 0.0556. The molecule has 1 amide bonds. The summed E-state index contributed by atoms with van der Waals surface area (Å²) in [5, 5.41) is 4.29. The quantitative estimate of drug-likeness (QED) is 0.717. The number of hydrogen-bond donors (Lipinski definition) is 1. The maximum absolute atomic E-state index is 13.0. The largest absolute Gasteiger partial charge is 0.321 e. The van der Waals surface area contributed by atoms with Crippen molar-refractivity contribution in [1.82, 2.24) is 0 Å². The van der Waals surface area contributed by atoms with Crippen LogP contribution in [0.3, 0.4) is 0 Å². The van der Waals surface area contributed by atoms with Gasteiger partial charge in [0.25, 0.3) is 15.9 Å². The Morgan fingerprint density at radius 1 is 1.04 bits per heavy atom. The van der Waals surface area contributed by atoms with Crippen LogP contribution in [0.2, 0.25) is 0 Å². The van der Waals surface area contributed by atoms with Crippen LogP contribution in [-0.2, 0) is 10.0 Å². The van der Waals surface area contributed by atoms with Gasteiger partial charge < -0.3 is 5.32 Å². The van der Waals surface area contributed by atoms with E-state index in [1.807, 2.05) is 0 Å². The van der Waals surface area contributed by atoms with E-state index >= 15 is 0 Å². The van der Waals surface area contributed by atoms with Crippen LogP contribution in [0.4, 0.5) is 15.8 Å². The first-order valence-corrected chi connectivity index (χ1v) is 9.90. The zero-order valence-electron chi connectivity index (χ0n) is 13.7. The van der Waals surface area contributed by atoms with Crippen LogP contribution in [0.5, 0.6) is 0 Å². The number of anilines is 2. The lowest BCUT2D eigenvalue weighted by Gasteiger charge is -2.19. The summed E-state index contributed by atoms with van der Waals surface area (Å²) in [4.78, 5) is 12.9. The summed E-state index contributed by atoms with van der Waals surface area (Å²) < 4.78 is 39.6. The van der Waals surface area contributed by atoms with E-state index in [1.165, 1.54) is 43.4 Å². The van der Waals surface area contributed by atoms with Crippen molar-refractivity contribution < 1.29 is 17.6 Å². The van der Waals surface area contributed by atoms with Gasteiger partial charge in [-0.1, -0.05) is 18.2 Å². The number of nitrogens with zero attached hydrogens (tertiary/aromatic N) is 1. The predicted molar refractivity (Wildman–Crippen MR) is 101 cm³/mol.